The van der Waals surface area contributed by atoms with Crippen molar-refractivity contribution in [2.24, 2.45) is 0 Å². The van der Waals surface area contributed by atoms with Crippen LogP contribution in [0.25, 0.3) is 0 Å². The van der Waals surface area contributed by atoms with E-state index in [1.165, 1.54) is 5.56 Å². The second-order valence-electron chi connectivity index (χ2n) is 5.22. The Hall–Kier alpha value is -0.450. The summed E-state index contributed by atoms with van der Waals surface area (Å²) in [6.07, 6.45) is 5.13. The highest BCUT2D eigenvalue weighted by Gasteiger charge is 2.08. The topological polar surface area (TPSA) is 37.3 Å². The Labute approximate surface area is 136 Å². The fraction of sp³-hybridized carbons (Fsp3) is 0.588. The number of hydrogen-bond acceptors (Lipinski definition) is 4. The second-order valence-corrected chi connectivity index (χ2v) is 8.15. The number of aryl methyl sites for hydroxylation is 1. The van der Waals surface area contributed by atoms with Gasteiger partial charge in [0.1, 0.15) is 5.78 Å². The van der Waals surface area contributed by atoms with Gasteiger partial charge in [0.25, 0.3) is 0 Å². The van der Waals surface area contributed by atoms with Gasteiger partial charge in [-0.2, -0.15) is 0 Å². The molecule has 0 aliphatic heterocycles. The van der Waals surface area contributed by atoms with E-state index < -0.39 is 0 Å². The summed E-state index contributed by atoms with van der Waals surface area (Å²) in [5.74, 6) is 1.45. The Bertz CT molecular complexity index is 382. The van der Waals surface area contributed by atoms with Crippen LogP contribution in [0, 0.1) is 0 Å². The predicted octanol–water partition coefficient (Wildman–Crippen LogP) is 4.51. The third kappa shape index (κ3) is 9.99. The number of benzene rings is 1. The average Bonchev–Trinajstić information content (AvgIpc) is 2.51. The lowest BCUT2D eigenvalue weighted by Crippen LogP contribution is -2.04. The number of carbonyl (C=O) groups is 1. The molecular formula is C17H26O2S2. The number of hydrogen-bond donors (Lipinski definition) is 1. The third-order valence-corrected chi connectivity index (χ3v) is 6.28. The summed E-state index contributed by atoms with van der Waals surface area (Å²) in [5.41, 5.74) is 1.24. The Kier molecular flexibility index (Phi) is 10.7. The van der Waals surface area contributed by atoms with E-state index in [4.69, 9.17) is 5.11 Å². The van der Waals surface area contributed by atoms with Crippen LogP contribution in [0.1, 0.15) is 44.6 Å². The van der Waals surface area contributed by atoms with Gasteiger partial charge in [0, 0.05) is 30.5 Å². The highest BCUT2D eigenvalue weighted by atomic mass is 33.1. The maximum Gasteiger partial charge on any atom is 0.133 e. The van der Waals surface area contributed by atoms with Gasteiger partial charge in [0.2, 0.25) is 0 Å². The molecule has 1 N–H and O–H groups in total. The first-order valence-electron chi connectivity index (χ1n) is 7.67. The minimum absolute atomic E-state index is 0.288. The number of rotatable bonds is 12. The molecule has 0 fully saturated rings. The van der Waals surface area contributed by atoms with Crippen molar-refractivity contribution in [2.45, 2.75) is 50.7 Å². The van der Waals surface area contributed by atoms with E-state index >= 15 is 0 Å². The Balaban J connectivity index is 2.04. The molecule has 0 radical (unpaired) electrons. The van der Waals surface area contributed by atoms with Crippen LogP contribution in [0.4, 0.5) is 0 Å². The SMILES string of the molecule is CC(CCC(=O)CCc1ccccc1)SSCCCCO. The zero-order valence-electron chi connectivity index (χ0n) is 12.8. The zero-order valence-corrected chi connectivity index (χ0v) is 14.4. The van der Waals surface area contributed by atoms with Crippen molar-refractivity contribution in [3.05, 3.63) is 35.9 Å². The molecule has 4 heteroatoms. The fourth-order valence-electron chi connectivity index (χ4n) is 1.90. The van der Waals surface area contributed by atoms with E-state index in [0.717, 1.165) is 31.4 Å². The summed E-state index contributed by atoms with van der Waals surface area (Å²) in [6, 6.07) is 10.2. The van der Waals surface area contributed by atoms with Gasteiger partial charge in [-0.25, -0.2) is 0 Å². The van der Waals surface area contributed by atoms with Crippen LogP contribution in [-0.4, -0.2) is 28.5 Å². The highest BCUT2D eigenvalue weighted by molar-refractivity contribution is 8.76. The molecular weight excluding hydrogens is 300 g/mol. The minimum atomic E-state index is 0.288. The van der Waals surface area contributed by atoms with Gasteiger partial charge in [-0.3, -0.25) is 4.79 Å². The molecule has 0 aliphatic rings. The number of aliphatic hydroxyl groups excluding tert-OH is 1. The monoisotopic (exact) mass is 326 g/mol. The quantitative estimate of drug-likeness (QED) is 0.453. The van der Waals surface area contributed by atoms with Gasteiger partial charge < -0.3 is 5.11 Å². The van der Waals surface area contributed by atoms with Crippen molar-refractivity contribution >= 4 is 27.4 Å². The van der Waals surface area contributed by atoms with Crippen molar-refractivity contribution in [2.75, 3.05) is 12.4 Å². The number of ketones is 1. The van der Waals surface area contributed by atoms with E-state index in [0.29, 0.717) is 23.9 Å². The first-order chi connectivity index (χ1) is 10.2. The first kappa shape index (κ1) is 18.6. The molecule has 1 atom stereocenters. The molecule has 0 heterocycles. The summed E-state index contributed by atoms with van der Waals surface area (Å²) >= 11 is 0. The van der Waals surface area contributed by atoms with Crippen LogP contribution in [0.5, 0.6) is 0 Å². The first-order valence-corrected chi connectivity index (χ1v) is 10.1. The van der Waals surface area contributed by atoms with Crippen LogP contribution < -0.4 is 0 Å². The van der Waals surface area contributed by atoms with Crippen LogP contribution in [0.3, 0.4) is 0 Å². The smallest absolute Gasteiger partial charge is 0.133 e. The molecule has 21 heavy (non-hydrogen) atoms. The number of carbonyl (C=O) groups excluding carboxylic acids is 1. The normalized spacial score (nSPS) is 12.3. The van der Waals surface area contributed by atoms with Gasteiger partial charge in [-0.15, -0.1) is 0 Å². The molecule has 0 amide bonds. The fourth-order valence-corrected chi connectivity index (χ4v) is 4.40. The lowest BCUT2D eigenvalue weighted by Gasteiger charge is -2.09. The molecule has 2 nitrogen and oxygen atoms in total. The largest absolute Gasteiger partial charge is 0.396 e. The van der Waals surface area contributed by atoms with Crippen LogP contribution in [0.2, 0.25) is 0 Å². The molecule has 1 rings (SSSR count). The lowest BCUT2D eigenvalue weighted by atomic mass is 10.0. The summed E-state index contributed by atoms with van der Waals surface area (Å²) in [4.78, 5) is 11.9. The van der Waals surface area contributed by atoms with Crippen molar-refractivity contribution < 1.29 is 9.90 Å². The van der Waals surface area contributed by atoms with Gasteiger partial charge in [0.15, 0.2) is 0 Å². The molecule has 0 aromatic heterocycles. The van der Waals surface area contributed by atoms with Crippen molar-refractivity contribution in [3.8, 4) is 0 Å². The molecule has 118 valence electrons. The number of aliphatic hydroxyl groups is 1. The molecule has 0 bridgehead atoms. The van der Waals surface area contributed by atoms with Gasteiger partial charge in [0.05, 0.1) is 0 Å². The summed E-state index contributed by atoms with van der Waals surface area (Å²) in [6.45, 7) is 2.48. The van der Waals surface area contributed by atoms with Crippen LogP contribution in [-0.2, 0) is 11.2 Å². The van der Waals surface area contributed by atoms with Crippen LogP contribution in [0.15, 0.2) is 30.3 Å². The van der Waals surface area contributed by atoms with E-state index in [2.05, 4.69) is 19.1 Å². The summed E-state index contributed by atoms with van der Waals surface area (Å²) in [7, 11) is 3.72. The van der Waals surface area contributed by atoms with E-state index in [9.17, 15) is 4.79 Å². The number of unbranched alkanes of at least 4 members (excludes halogenated alkanes) is 1. The summed E-state index contributed by atoms with van der Waals surface area (Å²) < 4.78 is 0. The van der Waals surface area contributed by atoms with Crippen molar-refractivity contribution in [1.29, 1.82) is 0 Å². The molecule has 1 unspecified atom stereocenters. The van der Waals surface area contributed by atoms with E-state index in [1.807, 2.05) is 39.8 Å². The summed E-state index contributed by atoms with van der Waals surface area (Å²) in [5, 5.41) is 9.22. The average molecular weight is 327 g/mol. The van der Waals surface area contributed by atoms with Gasteiger partial charge >= 0.3 is 0 Å². The molecule has 0 saturated carbocycles. The Morgan fingerprint density at radius 1 is 1.19 bits per heavy atom. The standard InChI is InChI=1S/C17H26O2S2/c1-15(21-20-14-6-5-13-18)9-11-17(19)12-10-16-7-3-2-4-8-16/h2-4,7-8,15,18H,5-6,9-14H2,1H3. The molecule has 1 aromatic carbocycles. The Morgan fingerprint density at radius 2 is 1.95 bits per heavy atom. The molecule has 0 aliphatic carbocycles. The van der Waals surface area contributed by atoms with Crippen molar-refractivity contribution in [3.63, 3.8) is 0 Å². The third-order valence-electron chi connectivity index (χ3n) is 3.23. The molecule has 1 aromatic rings. The van der Waals surface area contributed by atoms with Gasteiger partial charge in [-0.1, -0.05) is 58.8 Å². The van der Waals surface area contributed by atoms with E-state index in [-0.39, 0.29) is 6.61 Å². The molecule has 0 saturated heterocycles. The van der Waals surface area contributed by atoms with Gasteiger partial charge in [-0.05, 0) is 31.2 Å². The highest BCUT2D eigenvalue weighted by Crippen LogP contribution is 2.30. The maximum atomic E-state index is 11.9. The van der Waals surface area contributed by atoms with Crippen molar-refractivity contribution in [1.82, 2.24) is 0 Å². The zero-order chi connectivity index (χ0) is 15.3. The molecule has 0 spiro atoms. The number of Topliss-reactive ketones (excluding diaryl/α,β-unsaturated/α-hetero) is 1. The Morgan fingerprint density at radius 3 is 2.67 bits per heavy atom. The second kappa shape index (κ2) is 12.1. The van der Waals surface area contributed by atoms with E-state index in [1.54, 1.807) is 0 Å². The minimum Gasteiger partial charge on any atom is -0.396 e. The predicted molar refractivity (Wildman–Crippen MR) is 94.8 cm³/mol. The maximum absolute atomic E-state index is 11.9. The van der Waals surface area contributed by atoms with Crippen LogP contribution >= 0.6 is 21.6 Å². The lowest BCUT2D eigenvalue weighted by molar-refractivity contribution is -0.119.